The maximum Gasteiger partial charge on any atom is 0.243 e. The summed E-state index contributed by atoms with van der Waals surface area (Å²) in [5.74, 6) is -0.523. The number of carbonyl (C=O) groups is 1. The van der Waals surface area contributed by atoms with Crippen molar-refractivity contribution in [1.82, 2.24) is 14.9 Å². The standard InChI is InChI=1S/C13H13BrFN3O/c1-9(18-5-4-16-8-18)13(19)17-7-10-2-3-11(14)6-12(10)15/h2-6,8-9H,7H2,1H3,(H,17,19). The largest absolute Gasteiger partial charge is 0.350 e. The molecule has 0 saturated heterocycles. The van der Waals surface area contributed by atoms with Gasteiger partial charge in [-0.3, -0.25) is 4.79 Å². The van der Waals surface area contributed by atoms with Gasteiger partial charge in [0, 0.05) is 29.0 Å². The second-order valence-electron chi connectivity index (χ2n) is 4.14. The average Bonchev–Trinajstić information content (AvgIpc) is 2.90. The molecule has 1 heterocycles. The molecule has 1 aromatic heterocycles. The van der Waals surface area contributed by atoms with Gasteiger partial charge in [-0.25, -0.2) is 9.37 Å². The van der Waals surface area contributed by atoms with E-state index in [4.69, 9.17) is 0 Å². The first-order valence-corrected chi connectivity index (χ1v) is 6.56. The van der Waals surface area contributed by atoms with Crippen LogP contribution in [0.3, 0.4) is 0 Å². The number of aromatic nitrogens is 2. The van der Waals surface area contributed by atoms with Crippen molar-refractivity contribution in [3.63, 3.8) is 0 Å². The molecule has 0 aliphatic rings. The van der Waals surface area contributed by atoms with Gasteiger partial charge < -0.3 is 9.88 Å². The molecule has 0 spiro atoms. The van der Waals surface area contributed by atoms with E-state index in [0.717, 1.165) is 0 Å². The van der Waals surface area contributed by atoms with Crippen molar-refractivity contribution < 1.29 is 9.18 Å². The van der Waals surface area contributed by atoms with E-state index in [2.05, 4.69) is 26.2 Å². The Kier molecular flexibility index (Phi) is 4.31. The summed E-state index contributed by atoms with van der Waals surface area (Å²) >= 11 is 3.19. The Hall–Kier alpha value is -1.69. The lowest BCUT2D eigenvalue weighted by atomic mass is 10.2. The maximum absolute atomic E-state index is 13.6. The van der Waals surface area contributed by atoms with Crippen LogP contribution in [0, 0.1) is 5.82 Å². The minimum Gasteiger partial charge on any atom is -0.350 e. The number of benzene rings is 1. The number of hydrogen-bond acceptors (Lipinski definition) is 2. The van der Waals surface area contributed by atoms with Crippen molar-refractivity contribution in [2.24, 2.45) is 0 Å². The first kappa shape index (κ1) is 13.7. The van der Waals surface area contributed by atoms with E-state index in [1.54, 1.807) is 42.3 Å². The molecule has 4 nitrogen and oxygen atoms in total. The lowest BCUT2D eigenvalue weighted by Gasteiger charge is -2.13. The highest BCUT2D eigenvalue weighted by atomic mass is 79.9. The van der Waals surface area contributed by atoms with Crippen LogP contribution in [0.5, 0.6) is 0 Å². The van der Waals surface area contributed by atoms with Crippen LogP contribution in [0.25, 0.3) is 0 Å². The van der Waals surface area contributed by atoms with Crippen molar-refractivity contribution in [2.75, 3.05) is 0 Å². The molecule has 0 radical (unpaired) electrons. The molecular formula is C13H13BrFN3O. The highest BCUT2D eigenvalue weighted by Crippen LogP contribution is 2.15. The topological polar surface area (TPSA) is 46.9 Å². The van der Waals surface area contributed by atoms with Crippen LogP contribution in [0.2, 0.25) is 0 Å². The fourth-order valence-corrected chi connectivity index (χ4v) is 1.96. The molecule has 0 aliphatic heterocycles. The Morgan fingerprint density at radius 3 is 3.00 bits per heavy atom. The SMILES string of the molecule is CC(C(=O)NCc1ccc(Br)cc1F)n1ccnc1. The van der Waals surface area contributed by atoms with E-state index in [1.165, 1.54) is 6.07 Å². The molecule has 2 rings (SSSR count). The van der Waals surface area contributed by atoms with Crippen molar-refractivity contribution in [3.05, 3.63) is 52.8 Å². The van der Waals surface area contributed by atoms with Gasteiger partial charge in [0.25, 0.3) is 0 Å². The van der Waals surface area contributed by atoms with E-state index in [9.17, 15) is 9.18 Å². The summed E-state index contributed by atoms with van der Waals surface area (Å²) in [4.78, 5) is 15.8. The second-order valence-corrected chi connectivity index (χ2v) is 5.06. The summed E-state index contributed by atoms with van der Waals surface area (Å²) in [5.41, 5.74) is 0.453. The zero-order valence-corrected chi connectivity index (χ0v) is 11.9. The smallest absolute Gasteiger partial charge is 0.243 e. The zero-order chi connectivity index (χ0) is 13.8. The van der Waals surface area contributed by atoms with Gasteiger partial charge in [-0.05, 0) is 19.1 Å². The number of carbonyl (C=O) groups excluding carboxylic acids is 1. The van der Waals surface area contributed by atoms with Crippen LogP contribution in [-0.2, 0) is 11.3 Å². The van der Waals surface area contributed by atoms with Crippen LogP contribution in [0.1, 0.15) is 18.5 Å². The highest BCUT2D eigenvalue weighted by Gasteiger charge is 2.14. The summed E-state index contributed by atoms with van der Waals surface area (Å²) in [6.45, 7) is 1.92. The number of nitrogens with zero attached hydrogens (tertiary/aromatic N) is 2. The van der Waals surface area contributed by atoms with E-state index >= 15 is 0 Å². The fraction of sp³-hybridized carbons (Fsp3) is 0.231. The van der Waals surface area contributed by atoms with Crippen LogP contribution in [0.4, 0.5) is 4.39 Å². The molecule has 1 amide bonds. The summed E-state index contributed by atoms with van der Waals surface area (Å²) < 4.78 is 15.9. The second kappa shape index (κ2) is 5.97. The van der Waals surface area contributed by atoms with Gasteiger partial charge in [-0.1, -0.05) is 22.0 Å². The number of imidazole rings is 1. The van der Waals surface area contributed by atoms with E-state index in [0.29, 0.717) is 10.0 Å². The lowest BCUT2D eigenvalue weighted by molar-refractivity contribution is -0.124. The molecule has 1 aromatic carbocycles. The van der Waals surface area contributed by atoms with Gasteiger partial charge in [-0.2, -0.15) is 0 Å². The van der Waals surface area contributed by atoms with Gasteiger partial charge in [0.2, 0.25) is 5.91 Å². The molecule has 1 unspecified atom stereocenters. The van der Waals surface area contributed by atoms with E-state index in [-0.39, 0.29) is 24.3 Å². The van der Waals surface area contributed by atoms with Gasteiger partial charge in [0.15, 0.2) is 0 Å². The summed E-state index contributed by atoms with van der Waals surface area (Å²) in [6.07, 6.45) is 4.90. The Balaban J connectivity index is 1.97. The Morgan fingerprint density at radius 2 is 2.37 bits per heavy atom. The maximum atomic E-state index is 13.6. The lowest BCUT2D eigenvalue weighted by Crippen LogP contribution is -2.30. The molecule has 19 heavy (non-hydrogen) atoms. The third-order valence-corrected chi connectivity index (χ3v) is 3.31. The summed E-state index contributed by atoms with van der Waals surface area (Å²) in [6, 6.07) is 4.38. The molecule has 0 aliphatic carbocycles. The number of hydrogen-bond donors (Lipinski definition) is 1. The normalized spacial score (nSPS) is 12.2. The Bertz CT molecular complexity index is 571. The molecule has 0 bridgehead atoms. The van der Waals surface area contributed by atoms with Gasteiger partial charge in [-0.15, -0.1) is 0 Å². The predicted molar refractivity (Wildman–Crippen MR) is 72.9 cm³/mol. The number of rotatable bonds is 4. The highest BCUT2D eigenvalue weighted by molar-refractivity contribution is 9.10. The van der Waals surface area contributed by atoms with Crippen LogP contribution in [0.15, 0.2) is 41.4 Å². The molecule has 6 heteroatoms. The Morgan fingerprint density at radius 1 is 1.58 bits per heavy atom. The van der Waals surface area contributed by atoms with Crippen molar-refractivity contribution in [1.29, 1.82) is 0 Å². The minimum atomic E-state index is -0.374. The number of nitrogens with one attached hydrogen (secondary N) is 1. The van der Waals surface area contributed by atoms with Gasteiger partial charge in [0.1, 0.15) is 11.9 Å². The van der Waals surface area contributed by atoms with Crippen molar-refractivity contribution >= 4 is 21.8 Å². The molecule has 0 fully saturated rings. The van der Waals surface area contributed by atoms with Crippen LogP contribution >= 0.6 is 15.9 Å². The fourth-order valence-electron chi connectivity index (χ4n) is 1.63. The van der Waals surface area contributed by atoms with Gasteiger partial charge >= 0.3 is 0 Å². The third kappa shape index (κ3) is 3.41. The average molecular weight is 326 g/mol. The predicted octanol–water partition coefficient (Wildman–Crippen LogP) is 2.66. The monoisotopic (exact) mass is 325 g/mol. The molecule has 1 atom stereocenters. The molecule has 100 valence electrons. The first-order chi connectivity index (χ1) is 9.08. The molecule has 2 aromatic rings. The van der Waals surface area contributed by atoms with Gasteiger partial charge in [0.05, 0.1) is 6.33 Å². The molecule has 1 N–H and O–H groups in total. The molecule has 0 saturated carbocycles. The van der Waals surface area contributed by atoms with Crippen molar-refractivity contribution in [3.8, 4) is 0 Å². The van der Waals surface area contributed by atoms with Crippen LogP contribution in [-0.4, -0.2) is 15.5 Å². The quantitative estimate of drug-likeness (QED) is 0.939. The Labute approximate surface area is 118 Å². The summed E-state index contributed by atoms with van der Waals surface area (Å²) in [7, 11) is 0. The van der Waals surface area contributed by atoms with Crippen molar-refractivity contribution in [2.45, 2.75) is 19.5 Å². The molecular weight excluding hydrogens is 313 g/mol. The van der Waals surface area contributed by atoms with E-state index < -0.39 is 0 Å². The number of halogens is 2. The minimum absolute atomic E-state index is 0.164. The van der Waals surface area contributed by atoms with E-state index in [1.807, 2.05) is 0 Å². The first-order valence-electron chi connectivity index (χ1n) is 5.77. The number of amides is 1. The third-order valence-electron chi connectivity index (χ3n) is 2.82. The zero-order valence-electron chi connectivity index (χ0n) is 10.3. The van der Waals surface area contributed by atoms with Crippen LogP contribution < -0.4 is 5.32 Å². The summed E-state index contributed by atoms with van der Waals surface area (Å²) in [5, 5.41) is 2.70.